The van der Waals surface area contributed by atoms with E-state index in [4.69, 9.17) is 10.8 Å². The third kappa shape index (κ3) is 3.34. The van der Waals surface area contributed by atoms with Crippen LogP contribution in [0, 0.1) is 0 Å². The van der Waals surface area contributed by atoms with Gasteiger partial charge in [-0.25, -0.2) is 0 Å². The van der Waals surface area contributed by atoms with Crippen LogP contribution in [0.15, 0.2) is 30.3 Å². The van der Waals surface area contributed by atoms with Crippen LogP contribution in [0.2, 0.25) is 0 Å². The number of carbonyl (C=O) groups excluding carboxylic acids is 1. The first-order chi connectivity index (χ1) is 8.70. The van der Waals surface area contributed by atoms with Crippen molar-refractivity contribution < 1.29 is 9.90 Å². The summed E-state index contributed by atoms with van der Waals surface area (Å²) in [7, 11) is 0. The van der Waals surface area contributed by atoms with Crippen LogP contribution in [0.3, 0.4) is 0 Å². The van der Waals surface area contributed by atoms with E-state index in [-0.39, 0.29) is 12.5 Å². The Bertz CT molecular complexity index is 436. The first-order valence-electron chi connectivity index (χ1n) is 6.16. The molecule has 4 heteroatoms. The lowest BCUT2D eigenvalue weighted by atomic mass is 10.2. The van der Waals surface area contributed by atoms with Crippen LogP contribution in [0.4, 0.5) is 5.69 Å². The maximum Gasteiger partial charge on any atom is 0.246 e. The number of hydrogen-bond donors (Lipinski definition) is 2. The fourth-order valence-electron chi connectivity index (χ4n) is 1.84. The van der Waals surface area contributed by atoms with Gasteiger partial charge in [-0.2, -0.15) is 0 Å². The third-order valence-corrected chi connectivity index (χ3v) is 2.97. The molecule has 1 amide bonds. The molecule has 1 fully saturated rings. The number of amides is 1. The van der Waals surface area contributed by atoms with Crippen LogP contribution in [-0.4, -0.2) is 35.1 Å². The standard InChI is InChI=1S/C14H18N2O2/c15-12-4-1-11(2-5-12)3-8-14(18)16(9-10-17)13-6-7-13/h1-5,8,13,17H,6-7,9-10,15H2/b8-3+. The molecule has 0 aromatic heterocycles. The molecule has 0 atom stereocenters. The summed E-state index contributed by atoms with van der Waals surface area (Å²) in [5.41, 5.74) is 7.24. The zero-order chi connectivity index (χ0) is 13.0. The van der Waals surface area contributed by atoms with Gasteiger partial charge in [-0.05, 0) is 36.6 Å². The van der Waals surface area contributed by atoms with E-state index in [9.17, 15) is 4.79 Å². The molecule has 0 spiro atoms. The van der Waals surface area contributed by atoms with E-state index in [1.54, 1.807) is 29.2 Å². The van der Waals surface area contributed by atoms with Gasteiger partial charge in [0.25, 0.3) is 0 Å². The number of nitrogen functional groups attached to an aromatic ring is 1. The molecule has 0 aliphatic heterocycles. The van der Waals surface area contributed by atoms with Crippen molar-refractivity contribution in [3.05, 3.63) is 35.9 Å². The Morgan fingerprint density at radius 3 is 2.61 bits per heavy atom. The minimum Gasteiger partial charge on any atom is -0.399 e. The number of carbonyl (C=O) groups is 1. The van der Waals surface area contributed by atoms with Crippen molar-refractivity contribution in [2.75, 3.05) is 18.9 Å². The summed E-state index contributed by atoms with van der Waals surface area (Å²) in [6.45, 7) is 0.424. The Balaban J connectivity index is 1.98. The number of hydrogen-bond acceptors (Lipinski definition) is 3. The molecule has 1 aromatic carbocycles. The lowest BCUT2D eigenvalue weighted by molar-refractivity contribution is -0.127. The van der Waals surface area contributed by atoms with Gasteiger partial charge in [0.15, 0.2) is 0 Å². The van der Waals surface area contributed by atoms with Gasteiger partial charge in [0, 0.05) is 24.4 Å². The molecule has 96 valence electrons. The Hall–Kier alpha value is -1.81. The van der Waals surface area contributed by atoms with Gasteiger partial charge in [0.1, 0.15) is 0 Å². The lowest BCUT2D eigenvalue weighted by Crippen LogP contribution is -2.34. The molecular weight excluding hydrogens is 228 g/mol. The van der Waals surface area contributed by atoms with E-state index >= 15 is 0 Å². The smallest absolute Gasteiger partial charge is 0.246 e. The van der Waals surface area contributed by atoms with Crippen molar-refractivity contribution in [2.24, 2.45) is 0 Å². The summed E-state index contributed by atoms with van der Waals surface area (Å²) in [6, 6.07) is 7.66. The molecule has 0 bridgehead atoms. The Labute approximate surface area is 107 Å². The minimum absolute atomic E-state index is 0.0119. The number of benzene rings is 1. The highest BCUT2D eigenvalue weighted by atomic mass is 16.3. The predicted molar refractivity (Wildman–Crippen MR) is 71.7 cm³/mol. The highest BCUT2D eigenvalue weighted by Crippen LogP contribution is 2.26. The molecule has 1 aromatic rings. The maximum atomic E-state index is 12.0. The first-order valence-corrected chi connectivity index (χ1v) is 6.16. The molecule has 2 rings (SSSR count). The first kappa shape index (κ1) is 12.6. The summed E-state index contributed by atoms with van der Waals surface area (Å²) in [5, 5.41) is 8.95. The molecule has 0 unspecified atom stereocenters. The van der Waals surface area contributed by atoms with Crippen LogP contribution in [-0.2, 0) is 4.79 Å². The van der Waals surface area contributed by atoms with Crippen molar-refractivity contribution in [1.82, 2.24) is 4.90 Å². The topological polar surface area (TPSA) is 66.6 Å². The second-order valence-electron chi connectivity index (χ2n) is 4.49. The predicted octanol–water partition coefficient (Wildman–Crippen LogP) is 1.27. The van der Waals surface area contributed by atoms with E-state index in [1.807, 2.05) is 12.1 Å². The van der Waals surface area contributed by atoms with E-state index in [2.05, 4.69) is 0 Å². The average Bonchev–Trinajstić information content (AvgIpc) is 3.19. The number of rotatable bonds is 5. The molecule has 18 heavy (non-hydrogen) atoms. The number of anilines is 1. The quantitative estimate of drug-likeness (QED) is 0.607. The van der Waals surface area contributed by atoms with E-state index < -0.39 is 0 Å². The van der Waals surface area contributed by atoms with E-state index in [0.29, 0.717) is 18.3 Å². The van der Waals surface area contributed by atoms with Crippen LogP contribution in [0.25, 0.3) is 6.08 Å². The summed E-state index contributed by atoms with van der Waals surface area (Å²) < 4.78 is 0. The van der Waals surface area contributed by atoms with Gasteiger partial charge in [-0.1, -0.05) is 12.1 Å². The van der Waals surface area contributed by atoms with Gasteiger partial charge in [0.2, 0.25) is 5.91 Å². The van der Waals surface area contributed by atoms with Crippen molar-refractivity contribution in [3.8, 4) is 0 Å². The summed E-state index contributed by atoms with van der Waals surface area (Å²) in [4.78, 5) is 13.7. The monoisotopic (exact) mass is 246 g/mol. The van der Waals surface area contributed by atoms with Crippen molar-refractivity contribution in [2.45, 2.75) is 18.9 Å². The lowest BCUT2D eigenvalue weighted by Gasteiger charge is -2.19. The number of nitrogens with two attached hydrogens (primary N) is 1. The van der Waals surface area contributed by atoms with Crippen LogP contribution >= 0.6 is 0 Å². The molecule has 0 saturated heterocycles. The molecule has 1 saturated carbocycles. The molecule has 3 N–H and O–H groups in total. The third-order valence-electron chi connectivity index (χ3n) is 2.97. The highest BCUT2D eigenvalue weighted by Gasteiger charge is 2.30. The number of nitrogens with zero attached hydrogens (tertiary/aromatic N) is 1. The van der Waals surface area contributed by atoms with Gasteiger partial charge >= 0.3 is 0 Å². The van der Waals surface area contributed by atoms with Gasteiger partial charge < -0.3 is 15.7 Å². The molecule has 4 nitrogen and oxygen atoms in total. The fraction of sp³-hybridized carbons (Fsp3) is 0.357. The largest absolute Gasteiger partial charge is 0.399 e. The Morgan fingerprint density at radius 1 is 1.39 bits per heavy atom. The van der Waals surface area contributed by atoms with Crippen molar-refractivity contribution in [3.63, 3.8) is 0 Å². The second kappa shape index (κ2) is 5.69. The molecular formula is C14H18N2O2. The fourth-order valence-corrected chi connectivity index (χ4v) is 1.84. The minimum atomic E-state index is -0.0385. The molecule has 0 radical (unpaired) electrons. The Kier molecular flexibility index (Phi) is 3.99. The Morgan fingerprint density at radius 2 is 2.06 bits per heavy atom. The van der Waals surface area contributed by atoms with Crippen LogP contribution < -0.4 is 5.73 Å². The summed E-state index contributed by atoms with van der Waals surface area (Å²) in [6.07, 6.45) is 5.41. The van der Waals surface area contributed by atoms with Gasteiger partial charge in [-0.15, -0.1) is 0 Å². The zero-order valence-corrected chi connectivity index (χ0v) is 10.2. The van der Waals surface area contributed by atoms with Crippen LogP contribution in [0.5, 0.6) is 0 Å². The summed E-state index contributed by atoms with van der Waals surface area (Å²) in [5.74, 6) is -0.0385. The zero-order valence-electron chi connectivity index (χ0n) is 10.2. The van der Waals surface area contributed by atoms with Crippen molar-refractivity contribution in [1.29, 1.82) is 0 Å². The molecule has 0 heterocycles. The average molecular weight is 246 g/mol. The maximum absolute atomic E-state index is 12.0. The number of aliphatic hydroxyl groups excluding tert-OH is 1. The van der Waals surface area contributed by atoms with E-state index in [0.717, 1.165) is 18.4 Å². The second-order valence-corrected chi connectivity index (χ2v) is 4.49. The SMILES string of the molecule is Nc1ccc(/C=C/C(=O)N(CCO)C2CC2)cc1. The van der Waals surface area contributed by atoms with Crippen LogP contribution in [0.1, 0.15) is 18.4 Å². The highest BCUT2D eigenvalue weighted by molar-refractivity contribution is 5.92. The molecule has 1 aliphatic rings. The summed E-state index contributed by atoms with van der Waals surface area (Å²) >= 11 is 0. The van der Waals surface area contributed by atoms with E-state index in [1.165, 1.54) is 0 Å². The number of aliphatic hydroxyl groups is 1. The van der Waals surface area contributed by atoms with Gasteiger partial charge in [-0.3, -0.25) is 4.79 Å². The van der Waals surface area contributed by atoms with Crippen molar-refractivity contribution >= 4 is 17.7 Å². The normalized spacial score (nSPS) is 14.9. The molecule has 1 aliphatic carbocycles. The van der Waals surface area contributed by atoms with Gasteiger partial charge in [0.05, 0.1) is 6.61 Å².